The highest BCUT2D eigenvalue weighted by molar-refractivity contribution is 7.92. The van der Waals surface area contributed by atoms with Gasteiger partial charge in [-0.25, -0.2) is 8.42 Å². The summed E-state index contributed by atoms with van der Waals surface area (Å²) in [5.74, 6) is -0.280. The number of anilines is 2. The monoisotopic (exact) mass is 475 g/mol. The molecule has 1 aliphatic carbocycles. The lowest BCUT2D eigenvalue weighted by Crippen LogP contribution is -2.36. The zero-order valence-corrected chi connectivity index (χ0v) is 19.3. The van der Waals surface area contributed by atoms with Gasteiger partial charge in [0.25, 0.3) is 10.0 Å². The predicted octanol–water partition coefficient (Wildman–Crippen LogP) is 3.94. The Morgan fingerprint density at radius 2 is 1.71 bits per heavy atom. The molecule has 174 valence electrons. The van der Waals surface area contributed by atoms with Gasteiger partial charge >= 0.3 is 0 Å². The molecule has 0 aromatic heterocycles. The molecule has 3 aromatic rings. The van der Waals surface area contributed by atoms with E-state index in [1.807, 2.05) is 17.0 Å². The molecule has 1 fully saturated rings. The molecule has 34 heavy (non-hydrogen) atoms. The maximum atomic E-state index is 13.0. The van der Waals surface area contributed by atoms with Crippen molar-refractivity contribution in [1.29, 1.82) is 0 Å². The normalized spacial score (nSPS) is 15.5. The minimum Gasteiger partial charge on any atom is -0.366 e. The molecule has 3 aromatic carbocycles. The number of hydrogen-bond donors (Lipinski definition) is 2. The fourth-order valence-corrected chi connectivity index (χ4v) is 5.36. The number of nitrogens with one attached hydrogen (secondary N) is 1. The first-order chi connectivity index (χ1) is 16.3. The highest BCUT2D eigenvalue weighted by Gasteiger charge is 2.35. The van der Waals surface area contributed by atoms with Crippen molar-refractivity contribution >= 4 is 33.2 Å². The number of rotatable bonds is 6. The standard InChI is InChI=1S/C26H25N3O4S/c27-25(30)21-4-1-3-20(15-21)17-9-12-23(13-10-17)34(32,33)28-22-11-8-18-5-2-14-29(24(18)16-22)26(31)19-6-7-19/h1,3-4,8-13,15-16,19,28H,2,5-7,14H2,(H2,27,30). The maximum Gasteiger partial charge on any atom is 0.261 e. The molecule has 5 rings (SSSR count). The van der Waals surface area contributed by atoms with Crippen molar-refractivity contribution in [2.75, 3.05) is 16.2 Å². The second-order valence-corrected chi connectivity index (χ2v) is 10.5. The van der Waals surface area contributed by atoms with E-state index in [1.54, 1.807) is 42.5 Å². The van der Waals surface area contributed by atoms with Crippen LogP contribution in [-0.4, -0.2) is 26.8 Å². The third kappa shape index (κ3) is 4.41. The molecule has 1 saturated carbocycles. The molecule has 0 radical (unpaired) electrons. The van der Waals surface area contributed by atoms with Crippen LogP contribution in [0.15, 0.2) is 71.6 Å². The second-order valence-electron chi connectivity index (χ2n) is 8.79. The SMILES string of the molecule is NC(=O)c1cccc(-c2ccc(S(=O)(=O)Nc3ccc4c(c3)N(C(=O)C3CC3)CCC4)cc2)c1. The zero-order valence-electron chi connectivity index (χ0n) is 18.5. The van der Waals surface area contributed by atoms with Gasteiger partial charge in [0.15, 0.2) is 0 Å². The zero-order chi connectivity index (χ0) is 23.9. The summed E-state index contributed by atoms with van der Waals surface area (Å²) in [6.07, 6.45) is 3.64. The Kier molecular flexibility index (Phi) is 5.61. The highest BCUT2D eigenvalue weighted by Crippen LogP contribution is 2.37. The van der Waals surface area contributed by atoms with Crippen LogP contribution in [-0.2, 0) is 21.2 Å². The molecule has 2 amide bonds. The number of sulfonamides is 1. The molecule has 2 aliphatic rings. The summed E-state index contributed by atoms with van der Waals surface area (Å²) in [6.45, 7) is 0.664. The highest BCUT2D eigenvalue weighted by atomic mass is 32.2. The minimum absolute atomic E-state index is 0.105. The molecule has 8 heteroatoms. The van der Waals surface area contributed by atoms with Gasteiger partial charge in [0.2, 0.25) is 11.8 Å². The lowest BCUT2D eigenvalue weighted by atomic mass is 10.0. The number of fused-ring (bicyclic) bond motifs is 1. The first-order valence-electron chi connectivity index (χ1n) is 11.3. The van der Waals surface area contributed by atoms with Gasteiger partial charge < -0.3 is 10.6 Å². The van der Waals surface area contributed by atoms with Crippen LogP contribution in [0.25, 0.3) is 11.1 Å². The van der Waals surface area contributed by atoms with Crippen LogP contribution in [0.1, 0.15) is 35.2 Å². The van der Waals surface area contributed by atoms with Crippen molar-refractivity contribution in [2.24, 2.45) is 11.7 Å². The van der Waals surface area contributed by atoms with Gasteiger partial charge in [0.1, 0.15) is 0 Å². The van der Waals surface area contributed by atoms with Gasteiger partial charge in [-0.2, -0.15) is 0 Å². The summed E-state index contributed by atoms with van der Waals surface area (Å²) in [4.78, 5) is 26.1. The predicted molar refractivity (Wildman–Crippen MR) is 131 cm³/mol. The fraction of sp³-hybridized carbons (Fsp3) is 0.231. The van der Waals surface area contributed by atoms with E-state index in [1.165, 1.54) is 12.1 Å². The first kappa shape index (κ1) is 22.2. The number of benzene rings is 3. The summed E-state index contributed by atoms with van der Waals surface area (Å²) in [5.41, 5.74) is 9.56. The number of nitrogens with two attached hydrogens (primary N) is 1. The third-order valence-electron chi connectivity index (χ3n) is 6.29. The number of amides is 2. The molecule has 1 aliphatic heterocycles. The Morgan fingerprint density at radius 3 is 2.41 bits per heavy atom. The van der Waals surface area contributed by atoms with Crippen LogP contribution < -0.4 is 15.4 Å². The lowest BCUT2D eigenvalue weighted by Gasteiger charge is -2.30. The van der Waals surface area contributed by atoms with E-state index in [2.05, 4.69) is 4.72 Å². The van der Waals surface area contributed by atoms with E-state index < -0.39 is 15.9 Å². The Morgan fingerprint density at radius 1 is 0.941 bits per heavy atom. The van der Waals surface area contributed by atoms with Gasteiger partial charge in [0, 0.05) is 23.7 Å². The van der Waals surface area contributed by atoms with Crippen LogP contribution in [0.4, 0.5) is 11.4 Å². The molecule has 7 nitrogen and oxygen atoms in total. The maximum absolute atomic E-state index is 13.0. The number of carbonyl (C=O) groups is 2. The summed E-state index contributed by atoms with van der Waals surface area (Å²) < 4.78 is 28.7. The summed E-state index contributed by atoms with van der Waals surface area (Å²) in [7, 11) is -3.83. The quantitative estimate of drug-likeness (QED) is 0.563. The number of carbonyl (C=O) groups excluding carboxylic acids is 2. The topological polar surface area (TPSA) is 110 Å². The van der Waals surface area contributed by atoms with Crippen molar-refractivity contribution in [3.8, 4) is 11.1 Å². The number of aryl methyl sites for hydroxylation is 1. The second kappa shape index (κ2) is 8.61. The average molecular weight is 476 g/mol. The van der Waals surface area contributed by atoms with Gasteiger partial charge in [-0.3, -0.25) is 14.3 Å². The molecular formula is C26H25N3O4S. The van der Waals surface area contributed by atoms with Gasteiger partial charge in [0.05, 0.1) is 10.6 Å². The average Bonchev–Trinajstić information content (AvgIpc) is 3.69. The molecular weight excluding hydrogens is 450 g/mol. The molecule has 0 atom stereocenters. The Labute approximate surface area is 198 Å². The lowest BCUT2D eigenvalue weighted by molar-refractivity contribution is -0.119. The van der Waals surface area contributed by atoms with Crippen molar-refractivity contribution in [1.82, 2.24) is 0 Å². The Hall–Kier alpha value is -3.65. The molecule has 0 unspecified atom stereocenters. The van der Waals surface area contributed by atoms with Gasteiger partial charge in [-0.05, 0) is 78.8 Å². The van der Waals surface area contributed by atoms with Crippen molar-refractivity contribution in [3.63, 3.8) is 0 Å². The molecule has 0 bridgehead atoms. The van der Waals surface area contributed by atoms with Crippen LogP contribution in [0.5, 0.6) is 0 Å². The van der Waals surface area contributed by atoms with Gasteiger partial charge in [-0.1, -0.05) is 30.3 Å². The van der Waals surface area contributed by atoms with E-state index in [-0.39, 0.29) is 16.7 Å². The molecule has 0 saturated heterocycles. The van der Waals surface area contributed by atoms with Crippen LogP contribution in [0.2, 0.25) is 0 Å². The third-order valence-corrected chi connectivity index (χ3v) is 7.69. The smallest absolute Gasteiger partial charge is 0.261 e. The van der Waals surface area contributed by atoms with E-state index in [0.717, 1.165) is 48.1 Å². The van der Waals surface area contributed by atoms with E-state index in [4.69, 9.17) is 5.73 Å². The number of nitrogens with zero attached hydrogens (tertiary/aromatic N) is 1. The molecule has 0 spiro atoms. The van der Waals surface area contributed by atoms with Crippen molar-refractivity contribution < 1.29 is 18.0 Å². The van der Waals surface area contributed by atoms with Gasteiger partial charge in [-0.15, -0.1) is 0 Å². The Bertz CT molecular complexity index is 1380. The van der Waals surface area contributed by atoms with Crippen LogP contribution in [0.3, 0.4) is 0 Å². The van der Waals surface area contributed by atoms with Crippen LogP contribution in [0, 0.1) is 5.92 Å². The van der Waals surface area contributed by atoms with E-state index in [9.17, 15) is 18.0 Å². The Balaban J connectivity index is 1.38. The largest absolute Gasteiger partial charge is 0.366 e. The number of hydrogen-bond acceptors (Lipinski definition) is 4. The summed E-state index contributed by atoms with van der Waals surface area (Å²) >= 11 is 0. The molecule has 1 heterocycles. The minimum atomic E-state index is -3.83. The summed E-state index contributed by atoms with van der Waals surface area (Å²) in [6, 6.07) is 18.7. The molecule has 3 N–H and O–H groups in total. The van der Waals surface area contributed by atoms with Crippen molar-refractivity contribution in [2.45, 2.75) is 30.6 Å². The first-order valence-corrected chi connectivity index (χ1v) is 12.8. The summed E-state index contributed by atoms with van der Waals surface area (Å²) in [5, 5.41) is 0. The van der Waals surface area contributed by atoms with E-state index >= 15 is 0 Å². The van der Waals surface area contributed by atoms with E-state index in [0.29, 0.717) is 17.8 Å². The van der Waals surface area contributed by atoms with Crippen LogP contribution >= 0.6 is 0 Å². The van der Waals surface area contributed by atoms with Crippen molar-refractivity contribution in [3.05, 3.63) is 77.9 Å². The number of primary amides is 1. The fourth-order valence-electron chi connectivity index (χ4n) is 4.31.